The molecule has 0 heterocycles. The number of nitrogen functional groups attached to an aromatic ring is 2. The second-order valence-corrected chi connectivity index (χ2v) is 14.3. The second kappa shape index (κ2) is 21.5. The maximum atomic E-state index is 5.93. The summed E-state index contributed by atoms with van der Waals surface area (Å²) < 4.78 is 0. The van der Waals surface area contributed by atoms with E-state index in [2.05, 4.69) is 74.5 Å². The van der Waals surface area contributed by atoms with Crippen LogP contribution >= 0.6 is 0 Å². The number of hydrogen-bond donors (Lipinski definition) is 2. The van der Waals surface area contributed by atoms with E-state index in [1.54, 1.807) is 22.3 Å². The van der Waals surface area contributed by atoms with E-state index in [4.69, 9.17) is 11.5 Å². The van der Waals surface area contributed by atoms with Crippen molar-refractivity contribution in [2.45, 2.75) is 142 Å². The molecule has 4 rings (SSSR count). The molecule has 0 saturated carbocycles. The Morgan fingerprint density at radius 3 is 1.00 bits per heavy atom. The molecular formula is C46H64N2. The second-order valence-electron chi connectivity index (χ2n) is 14.3. The molecular weight excluding hydrogens is 581 g/mol. The lowest BCUT2D eigenvalue weighted by Crippen LogP contribution is -2.00. The molecule has 258 valence electrons. The molecule has 0 atom stereocenters. The molecule has 0 fully saturated rings. The van der Waals surface area contributed by atoms with Gasteiger partial charge < -0.3 is 11.5 Å². The minimum absolute atomic E-state index is 0.837. The predicted molar refractivity (Wildman–Crippen MR) is 211 cm³/mol. The summed E-state index contributed by atoms with van der Waals surface area (Å²) in [5.41, 5.74) is 25.4. The first-order valence-corrected chi connectivity index (χ1v) is 19.4. The summed E-state index contributed by atoms with van der Waals surface area (Å²) in [6.45, 7) is 4.60. The van der Waals surface area contributed by atoms with Crippen LogP contribution in [0.25, 0.3) is 0 Å². The number of aryl methyl sites for hydroxylation is 4. The van der Waals surface area contributed by atoms with Crippen molar-refractivity contribution < 1.29 is 0 Å². The summed E-state index contributed by atoms with van der Waals surface area (Å²) in [5.74, 6) is 0. The van der Waals surface area contributed by atoms with E-state index in [1.807, 2.05) is 24.3 Å². The largest absolute Gasteiger partial charge is 0.399 e. The van der Waals surface area contributed by atoms with Crippen LogP contribution in [0.2, 0.25) is 0 Å². The predicted octanol–water partition coefficient (Wildman–Crippen LogP) is 12.4. The van der Waals surface area contributed by atoms with Gasteiger partial charge in [0, 0.05) is 11.4 Å². The number of rotatable bonds is 23. The number of benzene rings is 4. The van der Waals surface area contributed by atoms with Gasteiger partial charge in [-0.3, -0.25) is 0 Å². The van der Waals surface area contributed by atoms with Crippen LogP contribution in [0.5, 0.6) is 0 Å². The zero-order valence-electron chi connectivity index (χ0n) is 30.4. The highest BCUT2D eigenvalue weighted by Gasteiger charge is 2.09. The van der Waals surface area contributed by atoms with E-state index in [9.17, 15) is 0 Å². The quantitative estimate of drug-likeness (QED) is 0.0623. The van der Waals surface area contributed by atoms with Gasteiger partial charge in [-0.05, 0) is 133 Å². The molecule has 2 nitrogen and oxygen atoms in total. The fraction of sp³-hybridized carbons (Fsp3) is 0.478. The third kappa shape index (κ3) is 13.5. The number of nitrogens with two attached hydrogens (primary N) is 2. The first-order chi connectivity index (χ1) is 23.5. The summed E-state index contributed by atoms with van der Waals surface area (Å²) in [7, 11) is 0. The number of hydrogen-bond acceptors (Lipinski definition) is 2. The molecule has 0 aliphatic rings. The average Bonchev–Trinajstić information content (AvgIpc) is 3.09. The van der Waals surface area contributed by atoms with Gasteiger partial charge in [-0.1, -0.05) is 139 Å². The molecule has 4 aromatic carbocycles. The Morgan fingerprint density at radius 2 is 0.646 bits per heavy atom. The molecule has 0 unspecified atom stereocenters. The fourth-order valence-corrected chi connectivity index (χ4v) is 7.10. The molecule has 0 amide bonds. The molecule has 0 radical (unpaired) electrons. The van der Waals surface area contributed by atoms with Gasteiger partial charge in [-0.2, -0.15) is 0 Å². The smallest absolute Gasteiger partial charge is 0.0314 e. The van der Waals surface area contributed by atoms with Gasteiger partial charge in [0.25, 0.3) is 0 Å². The monoisotopic (exact) mass is 645 g/mol. The Balaban J connectivity index is 1.29. The molecule has 0 aromatic heterocycles. The van der Waals surface area contributed by atoms with E-state index in [0.29, 0.717) is 0 Å². The molecule has 0 saturated heterocycles. The zero-order chi connectivity index (χ0) is 33.8. The van der Waals surface area contributed by atoms with E-state index in [0.717, 1.165) is 24.2 Å². The van der Waals surface area contributed by atoms with Gasteiger partial charge in [0.05, 0.1) is 0 Å². The van der Waals surface area contributed by atoms with E-state index < -0.39 is 0 Å². The normalized spacial score (nSPS) is 11.3. The lowest BCUT2D eigenvalue weighted by molar-refractivity contribution is 0.619. The maximum Gasteiger partial charge on any atom is 0.0314 e. The Hall–Kier alpha value is -3.52. The Labute approximate surface area is 293 Å². The summed E-state index contributed by atoms with van der Waals surface area (Å²) in [4.78, 5) is 0. The van der Waals surface area contributed by atoms with Crippen molar-refractivity contribution in [1.82, 2.24) is 0 Å². The first-order valence-electron chi connectivity index (χ1n) is 19.4. The van der Waals surface area contributed by atoms with Gasteiger partial charge in [0.15, 0.2) is 0 Å². The van der Waals surface area contributed by atoms with E-state index in [1.165, 1.54) is 138 Å². The van der Waals surface area contributed by atoms with Gasteiger partial charge >= 0.3 is 0 Å². The Kier molecular flexibility index (Phi) is 16.7. The van der Waals surface area contributed by atoms with Crippen LogP contribution in [-0.2, 0) is 38.5 Å². The topological polar surface area (TPSA) is 52.0 Å². The summed E-state index contributed by atoms with van der Waals surface area (Å²) >= 11 is 0. The molecule has 4 aromatic rings. The molecule has 2 heteroatoms. The third-order valence-electron chi connectivity index (χ3n) is 10.1. The van der Waals surface area contributed by atoms with Crippen LogP contribution in [0.4, 0.5) is 11.4 Å². The van der Waals surface area contributed by atoms with Crippen molar-refractivity contribution in [1.29, 1.82) is 0 Å². The standard InChI is InChI=1S/C46H64N2/c1-3-5-7-9-15-19-43-35-39(33-37-23-29-45(47)30-24-37)21-27-41(43)17-13-11-12-14-18-42-28-22-40(34-38-25-31-46(48)32-26-38)36-44(42)20-16-10-8-6-4-2/h21-32,35-36H,3-20,33-34,47-48H2,1-2H3. The highest BCUT2D eigenvalue weighted by atomic mass is 14.5. The third-order valence-corrected chi connectivity index (χ3v) is 10.1. The van der Waals surface area contributed by atoms with Crippen molar-refractivity contribution >= 4 is 11.4 Å². The zero-order valence-corrected chi connectivity index (χ0v) is 30.4. The molecule has 4 N–H and O–H groups in total. The molecule has 48 heavy (non-hydrogen) atoms. The van der Waals surface area contributed by atoms with Crippen molar-refractivity contribution in [3.05, 3.63) is 129 Å². The van der Waals surface area contributed by atoms with Crippen LogP contribution < -0.4 is 11.5 Å². The highest BCUT2D eigenvalue weighted by molar-refractivity contribution is 5.43. The molecule has 0 aliphatic heterocycles. The lowest BCUT2D eigenvalue weighted by atomic mass is 9.92. The molecule has 0 spiro atoms. The van der Waals surface area contributed by atoms with Gasteiger partial charge in [0.2, 0.25) is 0 Å². The highest BCUT2D eigenvalue weighted by Crippen LogP contribution is 2.24. The van der Waals surface area contributed by atoms with Gasteiger partial charge in [0.1, 0.15) is 0 Å². The van der Waals surface area contributed by atoms with Crippen LogP contribution in [0.15, 0.2) is 84.9 Å². The minimum Gasteiger partial charge on any atom is -0.399 e. The van der Waals surface area contributed by atoms with Crippen LogP contribution in [-0.4, -0.2) is 0 Å². The molecule has 0 aliphatic carbocycles. The SMILES string of the molecule is CCCCCCCc1cc(Cc2ccc(N)cc2)ccc1CCCCCCc1ccc(Cc2ccc(N)cc2)cc1CCCCCCC. The van der Waals surface area contributed by atoms with Crippen molar-refractivity contribution in [3.8, 4) is 0 Å². The minimum atomic E-state index is 0.837. The Morgan fingerprint density at radius 1 is 0.333 bits per heavy atom. The van der Waals surface area contributed by atoms with Crippen molar-refractivity contribution in [2.75, 3.05) is 11.5 Å². The van der Waals surface area contributed by atoms with E-state index >= 15 is 0 Å². The Bertz CT molecular complexity index is 1340. The molecule has 0 bridgehead atoms. The lowest BCUT2D eigenvalue weighted by Gasteiger charge is -2.14. The first kappa shape index (κ1) is 37.3. The van der Waals surface area contributed by atoms with Gasteiger partial charge in [-0.25, -0.2) is 0 Å². The van der Waals surface area contributed by atoms with Crippen LogP contribution in [0, 0.1) is 0 Å². The van der Waals surface area contributed by atoms with Crippen molar-refractivity contribution in [3.63, 3.8) is 0 Å². The van der Waals surface area contributed by atoms with Crippen molar-refractivity contribution in [2.24, 2.45) is 0 Å². The summed E-state index contributed by atoms with van der Waals surface area (Å²) in [5, 5.41) is 0. The van der Waals surface area contributed by atoms with Crippen LogP contribution in [0.3, 0.4) is 0 Å². The van der Waals surface area contributed by atoms with Crippen LogP contribution in [0.1, 0.15) is 148 Å². The number of unbranched alkanes of at least 4 members (excludes halogenated alkanes) is 11. The summed E-state index contributed by atoms with van der Waals surface area (Å²) in [6, 6.07) is 31.4. The van der Waals surface area contributed by atoms with Gasteiger partial charge in [-0.15, -0.1) is 0 Å². The maximum absolute atomic E-state index is 5.93. The number of anilines is 2. The fourth-order valence-electron chi connectivity index (χ4n) is 7.10. The van der Waals surface area contributed by atoms with E-state index in [-0.39, 0.29) is 0 Å². The average molecular weight is 645 g/mol. The summed E-state index contributed by atoms with van der Waals surface area (Å²) in [6.07, 6.45) is 25.3.